The van der Waals surface area contributed by atoms with E-state index < -0.39 is 5.97 Å². The van der Waals surface area contributed by atoms with Gasteiger partial charge in [-0.1, -0.05) is 24.3 Å². The third kappa shape index (κ3) is 4.67. The number of rotatable bonds is 7. The normalized spacial score (nSPS) is 10.3. The van der Waals surface area contributed by atoms with Gasteiger partial charge in [0.05, 0.1) is 19.3 Å². The van der Waals surface area contributed by atoms with Crippen molar-refractivity contribution in [2.75, 3.05) is 7.11 Å². The molecule has 0 saturated heterocycles. The summed E-state index contributed by atoms with van der Waals surface area (Å²) in [5.74, 6) is 0.165. The van der Waals surface area contributed by atoms with E-state index in [0.717, 1.165) is 11.3 Å². The third-order valence-electron chi connectivity index (χ3n) is 3.55. The average molecular weight is 328 g/mol. The van der Waals surface area contributed by atoms with E-state index in [-0.39, 0.29) is 25.4 Å². The number of methoxy groups -OCH3 is 1. The summed E-state index contributed by atoms with van der Waals surface area (Å²) in [4.78, 5) is 23.7. The summed E-state index contributed by atoms with van der Waals surface area (Å²) in [6, 6.07) is 12.1. The summed E-state index contributed by atoms with van der Waals surface area (Å²) in [5.41, 5.74) is 2.33. The van der Waals surface area contributed by atoms with Crippen LogP contribution in [0.5, 0.6) is 5.75 Å². The van der Waals surface area contributed by atoms with Crippen LogP contribution in [-0.4, -0.2) is 24.0 Å². The van der Waals surface area contributed by atoms with Crippen LogP contribution in [0.1, 0.15) is 34.0 Å². The van der Waals surface area contributed by atoms with E-state index >= 15 is 0 Å². The zero-order valence-corrected chi connectivity index (χ0v) is 13.7. The Balaban J connectivity index is 2.13. The van der Waals surface area contributed by atoms with Crippen LogP contribution in [0.15, 0.2) is 42.5 Å². The summed E-state index contributed by atoms with van der Waals surface area (Å²) in [6.45, 7) is 1.40. The van der Waals surface area contributed by atoms with Crippen molar-refractivity contribution in [3.63, 3.8) is 0 Å². The smallest absolute Gasteiger partial charge is 0.338 e. The molecule has 0 aromatic heterocycles. The Morgan fingerprint density at radius 2 is 1.71 bits per heavy atom. The minimum absolute atomic E-state index is 0.0454. The molecular weight excluding hydrogens is 308 g/mol. The third-order valence-corrected chi connectivity index (χ3v) is 3.55. The maximum Gasteiger partial charge on any atom is 0.338 e. The van der Waals surface area contributed by atoms with Crippen molar-refractivity contribution in [2.24, 2.45) is 0 Å². The molecule has 0 bridgehead atoms. The number of aliphatic hydroxyl groups is 1. The number of ether oxygens (including phenoxy) is 2. The summed E-state index contributed by atoms with van der Waals surface area (Å²) < 4.78 is 10.4. The van der Waals surface area contributed by atoms with Crippen LogP contribution < -0.4 is 4.74 Å². The fourth-order valence-corrected chi connectivity index (χ4v) is 2.28. The highest BCUT2D eigenvalue weighted by Gasteiger charge is 2.15. The van der Waals surface area contributed by atoms with Crippen molar-refractivity contribution >= 4 is 11.8 Å². The van der Waals surface area contributed by atoms with Gasteiger partial charge in [0.15, 0.2) is 0 Å². The van der Waals surface area contributed by atoms with Gasteiger partial charge >= 0.3 is 5.97 Å². The van der Waals surface area contributed by atoms with Crippen LogP contribution in [0.4, 0.5) is 0 Å². The summed E-state index contributed by atoms with van der Waals surface area (Å²) in [6.07, 6.45) is 0.151. The number of hydrogen-bond donors (Lipinski definition) is 1. The fraction of sp³-hybridized carbons (Fsp3) is 0.263. The highest BCUT2D eigenvalue weighted by molar-refractivity contribution is 5.93. The van der Waals surface area contributed by atoms with Gasteiger partial charge in [-0.25, -0.2) is 4.79 Å². The predicted molar refractivity (Wildman–Crippen MR) is 88.9 cm³/mol. The van der Waals surface area contributed by atoms with Crippen LogP contribution in [0.3, 0.4) is 0 Å². The quantitative estimate of drug-likeness (QED) is 0.791. The van der Waals surface area contributed by atoms with Crippen molar-refractivity contribution in [3.05, 3.63) is 64.7 Å². The molecule has 0 aliphatic carbocycles. The number of aliphatic hydroxyl groups excluding tert-OH is 1. The molecule has 5 heteroatoms. The van der Waals surface area contributed by atoms with Gasteiger partial charge in [-0.3, -0.25) is 4.79 Å². The van der Waals surface area contributed by atoms with Gasteiger partial charge in [-0.15, -0.1) is 0 Å². The van der Waals surface area contributed by atoms with E-state index in [1.54, 1.807) is 37.4 Å². The molecule has 0 spiro atoms. The number of hydrogen-bond acceptors (Lipinski definition) is 5. The molecule has 0 fully saturated rings. The number of carbonyl (C=O) groups is 2. The number of benzene rings is 2. The molecule has 5 nitrogen and oxygen atoms in total. The number of Topliss-reactive ketones (excluding diaryl/α,β-unsaturated/α-hetero) is 1. The van der Waals surface area contributed by atoms with Gasteiger partial charge in [-0.2, -0.15) is 0 Å². The Bertz CT molecular complexity index is 719. The molecule has 0 amide bonds. The Morgan fingerprint density at radius 3 is 2.29 bits per heavy atom. The maximum absolute atomic E-state index is 12.4. The van der Waals surface area contributed by atoms with Crippen molar-refractivity contribution in [2.45, 2.75) is 26.6 Å². The molecule has 2 aromatic rings. The van der Waals surface area contributed by atoms with Gasteiger partial charge in [-0.05, 0) is 41.8 Å². The molecule has 0 unspecified atom stereocenters. The second-order valence-electron chi connectivity index (χ2n) is 5.45. The SMILES string of the molecule is COc1ccc(COC(=O)c2cc(CO)ccc2CC(C)=O)cc1. The molecule has 0 aliphatic heterocycles. The molecule has 0 heterocycles. The minimum Gasteiger partial charge on any atom is -0.497 e. The van der Waals surface area contributed by atoms with E-state index in [0.29, 0.717) is 16.7 Å². The van der Waals surface area contributed by atoms with Gasteiger partial charge < -0.3 is 14.6 Å². The van der Waals surface area contributed by atoms with E-state index in [9.17, 15) is 14.7 Å². The molecule has 0 radical (unpaired) electrons. The van der Waals surface area contributed by atoms with Gasteiger partial charge in [0.25, 0.3) is 0 Å². The maximum atomic E-state index is 12.4. The Morgan fingerprint density at radius 1 is 1.04 bits per heavy atom. The van der Waals surface area contributed by atoms with E-state index in [4.69, 9.17) is 9.47 Å². The van der Waals surface area contributed by atoms with Crippen molar-refractivity contribution < 1.29 is 24.2 Å². The monoisotopic (exact) mass is 328 g/mol. The zero-order chi connectivity index (χ0) is 17.5. The lowest BCUT2D eigenvalue weighted by atomic mass is 10.00. The van der Waals surface area contributed by atoms with E-state index in [1.165, 1.54) is 6.92 Å². The van der Waals surface area contributed by atoms with E-state index in [1.807, 2.05) is 12.1 Å². The highest BCUT2D eigenvalue weighted by atomic mass is 16.5. The zero-order valence-electron chi connectivity index (χ0n) is 13.7. The van der Waals surface area contributed by atoms with Gasteiger partial charge in [0, 0.05) is 6.42 Å². The molecule has 0 aliphatic rings. The van der Waals surface area contributed by atoms with Crippen LogP contribution in [-0.2, 0) is 29.2 Å². The second-order valence-corrected chi connectivity index (χ2v) is 5.45. The molecule has 1 N–H and O–H groups in total. The van der Waals surface area contributed by atoms with Crippen LogP contribution in [0, 0.1) is 0 Å². The summed E-state index contributed by atoms with van der Waals surface area (Å²) >= 11 is 0. The molecular formula is C19H20O5. The summed E-state index contributed by atoms with van der Waals surface area (Å²) in [7, 11) is 1.58. The summed E-state index contributed by atoms with van der Waals surface area (Å²) in [5, 5.41) is 9.24. The largest absolute Gasteiger partial charge is 0.497 e. The first kappa shape index (κ1) is 17.7. The first-order valence-electron chi connectivity index (χ1n) is 7.55. The molecule has 2 rings (SSSR count). The van der Waals surface area contributed by atoms with Gasteiger partial charge in [0.2, 0.25) is 0 Å². The number of esters is 1. The van der Waals surface area contributed by atoms with Crippen molar-refractivity contribution in [1.29, 1.82) is 0 Å². The van der Waals surface area contributed by atoms with Gasteiger partial charge in [0.1, 0.15) is 18.1 Å². The van der Waals surface area contributed by atoms with Crippen molar-refractivity contribution in [1.82, 2.24) is 0 Å². The molecule has 24 heavy (non-hydrogen) atoms. The lowest BCUT2D eigenvalue weighted by Crippen LogP contribution is -2.11. The fourth-order valence-electron chi connectivity index (χ4n) is 2.28. The lowest BCUT2D eigenvalue weighted by Gasteiger charge is -2.11. The molecule has 0 atom stereocenters. The number of carbonyl (C=O) groups excluding carboxylic acids is 2. The van der Waals surface area contributed by atoms with Crippen LogP contribution >= 0.6 is 0 Å². The van der Waals surface area contributed by atoms with E-state index in [2.05, 4.69) is 0 Å². The molecule has 0 saturated carbocycles. The van der Waals surface area contributed by atoms with Crippen LogP contribution in [0.2, 0.25) is 0 Å². The lowest BCUT2D eigenvalue weighted by molar-refractivity contribution is -0.116. The first-order valence-corrected chi connectivity index (χ1v) is 7.55. The first-order chi connectivity index (χ1) is 11.5. The standard InChI is InChI=1S/C19H20O5/c1-13(21)9-16-6-3-15(11-20)10-18(16)19(22)24-12-14-4-7-17(23-2)8-5-14/h3-8,10,20H,9,11-12H2,1-2H3. The van der Waals surface area contributed by atoms with Crippen molar-refractivity contribution in [3.8, 4) is 5.75 Å². The Kier molecular flexibility index (Phi) is 6.09. The second kappa shape index (κ2) is 8.26. The predicted octanol–water partition coefficient (Wildman–Crippen LogP) is 2.68. The Hall–Kier alpha value is -2.66. The Labute approximate surface area is 140 Å². The highest BCUT2D eigenvalue weighted by Crippen LogP contribution is 2.17. The minimum atomic E-state index is -0.516. The number of ketones is 1. The topological polar surface area (TPSA) is 72.8 Å². The van der Waals surface area contributed by atoms with Crippen LogP contribution in [0.25, 0.3) is 0 Å². The molecule has 126 valence electrons. The average Bonchev–Trinajstić information content (AvgIpc) is 2.60. The molecule has 2 aromatic carbocycles.